The molecule has 29 heavy (non-hydrogen) atoms. The lowest BCUT2D eigenvalue weighted by atomic mass is 10.0. The van der Waals surface area contributed by atoms with Crippen LogP contribution < -0.4 is 5.32 Å². The third-order valence-corrected chi connectivity index (χ3v) is 5.42. The monoisotopic (exact) mass is 393 g/mol. The zero-order valence-electron chi connectivity index (χ0n) is 16.4. The summed E-state index contributed by atoms with van der Waals surface area (Å²) in [6.45, 7) is 1.58. The van der Waals surface area contributed by atoms with E-state index in [9.17, 15) is 9.18 Å². The third-order valence-electron chi connectivity index (χ3n) is 5.42. The first-order valence-electron chi connectivity index (χ1n) is 9.91. The molecule has 0 aliphatic carbocycles. The van der Waals surface area contributed by atoms with E-state index in [2.05, 4.69) is 10.3 Å². The molecular formula is C22H24FN5O. The van der Waals surface area contributed by atoms with Gasteiger partial charge in [-0.25, -0.2) is 9.37 Å². The highest BCUT2D eigenvalue weighted by Crippen LogP contribution is 2.23. The zero-order chi connectivity index (χ0) is 20.4. The number of nitrogens with one attached hydrogen (secondary N) is 2. The number of benzene rings is 1. The van der Waals surface area contributed by atoms with Crippen molar-refractivity contribution >= 4 is 23.0 Å². The van der Waals surface area contributed by atoms with Crippen molar-refractivity contribution in [2.75, 3.05) is 25.5 Å². The predicted octanol–water partition coefficient (Wildman–Crippen LogP) is 3.95. The predicted molar refractivity (Wildman–Crippen MR) is 111 cm³/mol. The number of carbonyl (C=O) groups is 1. The summed E-state index contributed by atoms with van der Waals surface area (Å²) < 4.78 is 15.2. The Labute approximate surface area is 168 Å². The Morgan fingerprint density at radius 3 is 2.62 bits per heavy atom. The molecule has 6 nitrogen and oxygen atoms in total. The quantitative estimate of drug-likeness (QED) is 0.659. The molecule has 0 radical (unpaired) electrons. The summed E-state index contributed by atoms with van der Waals surface area (Å²) in [7, 11) is 1.76. The Bertz CT molecular complexity index is 1070. The topological polar surface area (TPSA) is 73.5 Å². The van der Waals surface area contributed by atoms with Gasteiger partial charge in [0.05, 0.1) is 17.6 Å². The van der Waals surface area contributed by atoms with Crippen molar-refractivity contribution in [3.8, 4) is 0 Å². The molecule has 0 unspecified atom stereocenters. The maximum Gasteiger partial charge on any atom is 0.253 e. The third kappa shape index (κ3) is 3.72. The summed E-state index contributed by atoms with van der Waals surface area (Å²) in [6, 6.07) is 8.26. The van der Waals surface area contributed by atoms with E-state index in [1.807, 2.05) is 4.90 Å². The number of hydrogen-bond donors (Lipinski definition) is 2. The van der Waals surface area contributed by atoms with Gasteiger partial charge in [-0.3, -0.25) is 14.6 Å². The first-order valence-corrected chi connectivity index (χ1v) is 9.91. The molecular weight excluding hydrogens is 369 g/mol. The molecule has 2 aromatic heterocycles. The summed E-state index contributed by atoms with van der Waals surface area (Å²) in [5.41, 5.74) is 3.19. The van der Waals surface area contributed by atoms with E-state index in [-0.39, 0.29) is 11.6 Å². The summed E-state index contributed by atoms with van der Waals surface area (Å²) in [5, 5.41) is 11.8. The number of rotatable bonds is 4. The molecule has 0 bridgehead atoms. The van der Waals surface area contributed by atoms with E-state index in [0.717, 1.165) is 25.9 Å². The van der Waals surface area contributed by atoms with Crippen LogP contribution in [-0.4, -0.2) is 46.0 Å². The van der Waals surface area contributed by atoms with Crippen LogP contribution in [0.1, 0.15) is 47.3 Å². The van der Waals surface area contributed by atoms with Gasteiger partial charge in [-0.1, -0.05) is 12.8 Å². The number of hydrogen-bond acceptors (Lipinski definition) is 4. The number of carbonyl (C=O) groups excluding carboxylic acids is 1. The molecule has 4 rings (SSSR count). The van der Waals surface area contributed by atoms with Crippen LogP contribution in [0.2, 0.25) is 0 Å². The van der Waals surface area contributed by atoms with Crippen LogP contribution in [-0.2, 0) is 0 Å². The van der Waals surface area contributed by atoms with Gasteiger partial charge < -0.3 is 10.2 Å². The van der Waals surface area contributed by atoms with Crippen LogP contribution in [0.15, 0.2) is 42.7 Å². The van der Waals surface area contributed by atoms with Crippen LogP contribution >= 0.6 is 0 Å². The number of fused-ring (bicyclic) bond motifs is 1. The van der Waals surface area contributed by atoms with Gasteiger partial charge in [-0.15, -0.1) is 0 Å². The van der Waals surface area contributed by atoms with Gasteiger partial charge in [0.1, 0.15) is 11.5 Å². The average Bonchev–Trinajstić information content (AvgIpc) is 2.96. The molecule has 1 aliphatic rings. The molecule has 3 aromatic rings. The van der Waals surface area contributed by atoms with Gasteiger partial charge in [0.15, 0.2) is 0 Å². The van der Waals surface area contributed by atoms with E-state index >= 15 is 0 Å². The molecule has 0 spiro atoms. The van der Waals surface area contributed by atoms with E-state index < -0.39 is 5.82 Å². The van der Waals surface area contributed by atoms with E-state index in [1.165, 1.54) is 25.1 Å². The summed E-state index contributed by atoms with van der Waals surface area (Å²) >= 11 is 0. The fraction of sp³-hybridized carbons (Fsp3) is 0.318. The van der Waals surface area contributed by atoms with Crippen molar-refractivity contribution in [2.24, 2.45) is 0 Å². The molecule has 0 atom stereocenters. The maximum atomic E-state index is 13.7. The van der Waals surface area contributed by atoms with Gasteiger partial charge in [-0.05, 0) is 43.2 Å². The van der Waals surface area contributed by atoms with Crippen LogP contribution in [0.3, 0.4) is 0 Å². The average molecular weight is 393 g/mol. The van der Waals surface area contributed by atoms with Crippen LogP contribution in [0, 0.1) is 11.2 Å². The first kappa shape index (κ1) is 19.1. The zero-order valence-corrected chi connectivity index (χ0v) is 16.4. The minimum atomic E-state index is -0.392. The standard InChI is InChI=1S/C22H24FN5O/c1-25-18-12-15(22(29)27-10-4-2-3-5-11-27)6-8-17(18)21(24)19-13-26-20-9-7-16(23)14-28(19)20/h6-9,12-14,24-25H,2-5,10-11H2,1H3. The smallest absolute Gasteiger partial charge is 0.253 e. The number of amides is 1. The first-order chi connectivity index (χ1) is 14.1. The normalized spacial score (nSPS) is 14.6. The summed E-state index contributed by atoms with van der Waals surface area (Å²) in [5.74, 6) is -0.366. The Kier molecular flexibility index (Phi) is 5.29. The highest BCUT2D eigenvalue weighted by atomic mass is 19.1. The molecule has 150 valence electrons. The lowest BCUT2D eigenvalue weighted by molar-refractivity contribution is 0.0761. The highest BCUT2D eigenvalue weighted by Gasteiger charge is 2.20. The van der Waals surface area contributed by atoms with E-state index in [1.54, 1.807) is 41.9 Å². The number of anilines is 1. The van der Waals surface area contributed by atoms with Crippen molar-refractivity contribution in [1.29, 1.82) is 5.41 Å². The minimum absolute atomic E-state index is 0.0263. The molecule has 0 saturated carbocycles. The van der Waals surface area contributed by atoms with Crippen LogP contribution in [0.4, 0.5) is 10.1 Å². The molecule has 1 fully saturated rings. The van der Waals surface area contributed by atoms with Crippen LogP contribution in [0.5, 0.6) is 0 Å². The number of aromatic nitrogens is 2. The lowest BCUT2D eigenvalue weighted by Gasteiger charge is -2.21. The lowest BCUT2D eigenvalue weighted by Crippen LogP contribution is -2.31. The molecule has 1 saturated heterocycles. The second-order valence-electron chi connectivity index (χ2n) is 7.31. The Balaban J connectivity index is 1.66. The fourth-order valence-corrected chi connectivity index (χ4v) is 3.84. The number of halogens is 1. The molecule has 1 aliphatic heterocycles. The molecule has 1 amide bonds. The van der Waals surface area contributed by atoms with Gasteiger partial charge >= 0.3 is 0 Å². The van der Waals surface area contributed by atoms with Crippen molar-refractivity contribution in [2.45, 2.75) is 25.7 Å². The van der Waals surface area contributed by atoms with Crippen molar-refractivity contribution in [3.05, 3.63) is 65.4 Å². The second-order valence-corrected chi connectivity index (χ2v) is 7.31. The minimum Gasteiger partial charge on any atom is -0.388 e. The van der Waals surface area contributed by atoms with E-state index in [0.29, 0.717) is 28.2 Å². The van der Waals surface area contributed by atoms with Crippen molar-refractivity contribution in [1.82, 2.24) is 14.3 Å². The number of imidazole rings is 1. The molecule has 1 aromatic carbocycles. The maximum absolute atomic E-state index is 13.7. The van der Waals surface area contributed by atoms with Gasteiger partial charge in [0, 0.05) is 43.1 Å². The molecule has 2 N–H and O–H groups in total. The molecule has 3 heterocycles. The van der Waals surface area contributed by atoms with Gasteiger partial charge in [0.2, 0.25) is 0 Å². The van der Waals surface area contributed by atoms with Crippen molar-refractivity contribution in [3.63, 3.8) is 0 Å². The number of nitrogens with zero attached hydrogens (tertiary/aromatic N) is 3. The Morgan fingerprint density at radius 2 is 1.90 bits per heavy atom. The second kappa shape index (κ2) is 8.03. The van der Waals surface area contributed by atoms with Crippen molar-refractivity contribution < 1.29 is 9.18 Å². The summed E-state index contributed by atoms with van der Waals surface area (Å²) in [6.07, 6.45) is 7.30. The molecule has 7 heteroatoms. The van der Waals surface area contributed by atoms with E-state index in [4.69, 9.17) is 5.41 Å². The highest BCUT2D eigenvalue weighted by molar-refractivity contribution is 6.14. The summed E-state index contributed by atoms with van der Waals surface area (Å²) in [4.78, 5) is 19.1. The van der Waals surface area contributed by atoms with Gasteiger partial charge in [0.25, 0.3) is 5.91 Å². The number of pyridine rings is 1. The van der Waals surface area contributed by atoms with Crippen LogP contribution in [0.25, 0.3) is 5.65 Å². The largest absolute Gasteiger partial charge is 0.388 e. The Morgan fingerprint density at radius 1 is 1.14 bits per heavy atom. The van der Waals surface area contributed by atoms with Gasteiger partial charge in [-0.2, -0.15) is 0 Å². The SMILES string of the molecule is CNc1cc(C(=O)N2CCCCCC2)ccc1C(=N)c1cnc2ccc(F)cn12. The number of likely N-dealkylation sites (tertiary alicyclic amines) is 1. The fourth-order valence-electron chi connectivity index (χ4n) is 3.84. The Hall–Kier alpha value is -3.22.